The molecular weight excluding hydrogens is 346 g/mol. The van der Waals surface area contributed by atoms with Crippen molar-refractivity contribution in [2.75, 3.05) is 6.54 Å². The van der Waals surface area contributed by atoms with E-state index in [1.54, 1.807) is 6.07 Å². The van der Waals surface area contributed by atoms with Crippen LogP contribution in [0.4, 0.5) is 0 Å². The highest BCUT2D eigenvalue weighted by Crippen LogP contribution is 2.19. The van der Waals surface area contributed by atoms with Crippen molar-refractivity contribution < 1.29 is 4.79 Å². The Balaban J connectivity index is 1.51. The number of H-pyrrole nitrogens is 1. The van der Waals surface area contributed by atoms with Crippen LogP contribution >= 0.6 is 12.2 Å². The van der Waals surface area contributed by atoms with Gasteiger partial charge in [0.05, 0.1) is 10.9 Å². The van der Waals surface area contributed by atoms with E-state index in [4.69, 9.17) is 12.2 Å². The molecule has 2 heterocycles. The van der Waals surface area contributed by atoms with Gasteiger partial charge in [-0.1, -0.05) is 36.4 Å². The molecule has 132 valence electrons. The lowest BCUT2D eigenvalue weighted by Gasteiger charge is -2.29. The summed E-state index contributed by atoms with van der Waals surface area (Å²) in [5.41, 5.74) is 3.08. The lowest BCUT2D eigenvalue weighted by molar-refractivity contribution is -0.132. The van der Waals surface area contributed by atoms with Crippen LogP contribution in [0.2, 0.25) is 0 Å². The first-order valence-electron chi connectivity index (χ1n) is 8.70. The summed E-state index contributed by atoms with van der Waals surface area (Å²) in [6.07, 6.45) is 1.13. The second kappa shape index (κ2) is 6.88. The third kappa shape index (κ3) is 3.08. The van der Waals surface area contributed by atoms with Crippen LogP contribution in [0.1, 0.15) is 17.5 Å². The summed E-state index contributed by atoms with van der Waals surface area (Å²) in [6.45, 7) is 1.64. The second-order valence-corrected chi connectivity index (χ2v) is 6.90. The van der Waals surface area contributed by atoms with Gasteiger partial charge < -0.3 is 9.88 Å². The molecule has 1 aliphatic rings. The Morgan fingerprint density at radius 2 is 1.81 bits per heavy atom. The van der Waals surface area contributed by atoms with Crippen molar-refractivity contribution in [3.63, 3.8) is 0 Å². The highest BCUT2D eigenvalue weighted by Gasteiger charge is 2.20. The number of nitrogens with zero attached hydrogens (tertiary/aromatic N) is 2. The van der Waals surface area contributed by atoms with Crippen molar-refractivity contribution in [1.82, 2.24) is 14.5 Å². The zero-order chi connectivity index (χ0) is 18.1. The average Bonchev–Trinajstić information content (AvgIpc) is 2.67. The highest BCUT2D eigenvalue weighted by atomic mass is 32.1. The number of hydrogen-bond donors (Lipinski definition) is 1. The van der Waals surface area contributed by atoms with Gasteiger partial charge in [-0.15, -0.1) is 0 Å². The zero-order valence-corrected chi connectivity index (χ0v) is 15.1. The van der Waals surface area contributed by atoms with Crippen molar-refractivity contribution >= 4 is 29.0 Å². The summed E-state index contributed by atoms with van der Waals surface area (Å²) >= 11 is 5.31. The quantitative estimate of drug-likeness (QED) is 0.726. The van der Waals surface area contributed by atoms with E-state index in [2.05, 4.69) is 17.1 Å². The lowest BCUT2D eigenvalue weighted by Crippen LogP contribution is -2.37. The highest BCUT2D eigenvalue weighted by molar-refractivity contribution is 7.71. The van der Waals surface area contributed by atoms with E-state index in [1.807, 2.05) is 35.2 Å². The van der Waals surface area contributed by atoms with Crippen LogP contribution < -0.4 is 5.56 Å². The summed E-state index contributed by atoms with van der Waals surface area (Å²) in [5.74, 6) is 0.0500. The number of aromatic amines is 1. The molecule has 0 spiro atoms. The molecule has 4 rings (SSSR count). The molecule has 1 amide bonds. The van der Waals surface area contributed by atoms with Crippen molar-refractivity contribution in [2.45, 2.75) is 25.9 Å². The van der Waals surface area contributed by atoms with Gasteiger partial charge in [-0.25, -0.2) is 0 Å². The monoisotopic (exact) mass is 365 g/mol. The molecule has 5 nitrogen and oxygen atoms in total. The van der Waals surface area contributed by atoms with E-state index < -0.39 is 0 Å². The number of carbonyl (C=O) groups excluding carboxylic acids is 1. The van der Waals surface area contributed by atoms with Crippen LogP contribution in [-0.2, 0) is 24.3 Å². The van der Waals surface area contributed by atoms with Crippen LogP contribution in [0.3, 0.4) is 0 Å². The molecule has 3 aromatic rings. The van der Waals surface area contributed by atoms with E-state index in [1.165, 1.54) is 15.7 Å². The molecule has 0 aliphatic carbocycles. The van der Waals surface area contributed by atoms with Gasteiger partial charge in [-0.2, -0.15) is 0 Å². The van der Waals surface area contributed by atoms with Gasteiger partial charge in [0.2, 0.25) is 5.91 Å². The van der Waals surface area contributed by atoms with Gasteiger partial charge in [0.15, 0.2) is 4.77 Å². The fraction of sp³-hybridized carbons (Fsp3) is 0.250. The van der Waals surface area contributed by atoms with Crippen molar-refractivity contribution in [2.24, 2.45) is 0 Å². The molecule has 1 aromatic heterocycles. The maximum atomic E-state index is 12.7. The van der Waals surface area contributed by atoms with Gasteiger partial charge in [-0.3, -0.25) is 14.2 Å². The van der Waals surface area contributed by atoms with E-state index in [0.717, 1.165) is 18.5 Å². The molecule has 6 heteroatoms. The van der Waals surface area contributed by atoms with E-state index in [0.29, 0.717) is 16.7 Å². The number of rotatable bonds is 3. The van der Waals surface area contributed by atoms with Crippen LogP contribution in [-0.4, -0.2) is 26.9 Å². The number of carbonyl (C=O) groups is 1. The van der Waals surface area contributed by atoms with Crippen molar-refractivity contribution in [3.8, 4) is 0 Å². The Kier molecular flexibility index (Phi) is 4.42. The maximum absolute atomic E-state index is 12.7. The van der Waals surface area contributed by atoms with Crippen molar-refractivity contribution in [1.29, 1.82) is 0 Å². The van der Waals surface area contributed by atoms with E-state index in [9.17, 15) is 9.59 Å². The number of amides is 1. The smallest absolute Gasteiger partial charge is 0.262 e. The minimum Gasteiger partial charge on any atom is -0.338 e. The fourth-order valence-electron chi connectivity index (χ4n) is 3.48. The molecule has 26 heavy (non-hydrogen) atoms. The van der Waals surface area contributed by atoms with Gasteiger partial charge in [-0.05, 0) is 41.9 Å². The minimum absolute atomic E-state index is 0.0500. The Bertz CT molecular complexity index is 1100. The third-order valence-corrected chi connectivity index (χ3v) is 5.24. The molecule has 1 aliphatic heterocycles. The second-order valence-electron chi connectivity index (χ2n) is 6.52. The Labute approximate surface area is 155 Å². The summed E-state index contributed by atoms with van der Waals surface area (Å²) in [5, 5.41) is 0.584. The largest absolute Gasteiger partial charge is 0.338 e. The van der Waals surface area contributed by atoms with Crippen molar-refractivity contribution in [3.05, 3.63) is 74.8 Å². The molecule has 0 bridgehead atoms. The number of aromatic nitrogens is 2. The standard InChI is InChI=1S/C20H19N3O2S/c24-18(22-11-9-14-5-1-2-6-15(14)13-22)10-12-23-19(25)16-7-3-4-8-17(16)21-20(23)26/h1-8H,9-13H2,(H,21,26). The van der Waals surface area contributed by atoms with E-state index in [-0.39, 0.29) is 24.4 Å². The summed E-state index contributed by atoms with van der Waals surface area (Å²) in [4.78, 5) is 30.2. The van der Waals surface area contributed by atoms with Gasteiger partial charge in [0.1, 0.15) is 0 Å². The average molecular weight is 365 g/mol. The third-order valence-electron chi connectivity index (χ3n) is 4.92. The number of nitrogens with one attached hydrogen (secondary N) is 1. The number of hydrogen-bond acceptors (Lipinski definition) is 3. The SMILES string of the molecule is O=C(CCn1c(=S)[nH]c2ccccc2c1=O)N1CCc2ccccc2C1. The number of benzene rings is 2. The zero-order valence-electron chi connectivity index (χ0n) is 14.3. The first kappa shape index (κ1) is 16.7. The van der Waals surface area contributed by atoms with Crippen LogP contribution in [0.25, 0.3) is 10.9 Å². The molecule has 0 fully saturated rings. The Morgan fingerprint density at radius 3 is 2.65 bits per heavy atom. The maximum Gasteiger partial charge on any atom is 0.262 e. The molecule has 2 aromatic carbocycles. The van der Waals surface area contributed by atoms with Gasteiger partial charge >= 0.3 is 0 Å². The van der Waals surface area contributed by atoms with Gasteiger partial charge in [0.25, 0.3) is 5.56 Å². The first-order chi connectivity index (χ1) is 12.6. The predicted molar refractivity (Wildman–Crippen MR) is 104 cm³/mol. The Hall–Kier alpha value is -2.73. The molecule has 1 N–H and O–H groups in total. The summed E-state index contributed by atoms with van der Waals surface area (Å²) in [6, 6.07) is 15.5. The van der Waals surface area contributed by atoms with Crippen LogP contribution in [0.5, 0.6) is 0 Å². The van der Waals surface area contributed by atoms with Crippen LogP contribution in [0.15, 0.2) is 53.3 Å². The molecule has 0 saturated carbocycles. The minimum atomic E-state index is -0.152. The van der Waals surface area contributed by atoms with E-state index >= 15 is 0 Å². The first-order valence-corrected chi connectivity index (χ1v) is 9.11. The Morgan fingerprint density at radius 1 is 1.08 bits per heavy atom. The molecule has 0 saturated heterocycles. The lowest BCUT2D eigenvalue weighted by atomic mass is 10.00. The number of fused-ring (bicyclic) bond motifs is 2. The summed E-state index contributed by atoms with van der Waals surface area (Å²) in [7, 11) is 0. The predicted octanol–water partition coefficient (Wildman–Crippen LogP) is 3.03. The van der Waals surface area contributed by atoms with Gasteiger partial charge in [0, 0.05) is 26.1 Å². The molecular formula is C20H19N3O2S. The summed E-state index contributed by atoms with van der Waals surface area (Å²) < 4.78 is 1.83. The molecule has 0 atom stereocenters. The fourth-order valence-corrected chi connectivity index (χ4v) is 3.76. The topological polar surface area (TPSA) is 58.1 Å². The molecule has 0 radical (unpaired) electrons. The normalized spacial score (nSPS) is 13.6. The molecule has 0 unspecified atom stereocenters. The van der Waals surface area contributed by atoms with Crippen LogP contribution in [0, 0.1) is 4.77 Å². The number of para-hydroxylation sites is 1.